The van der Waals surface area contributed by atoms with Crippen LogP contribution in [0.15, 0.2) is 35.3 Å². The Kier molecular flexibility index (Phi) is 10.9. The molecule has 0 radical (unpaired) electrons. The van der Waals surface area contributed by atoms with Crippen LogP contribution in [0.2, 0.25) is 0 Å². The highest BCUT2D eigenvalue weighted by Crippen LogP contribution is 2.09. The molecule has 0 aromatic heterocycles. The number of aliphatic carboxylic acids is 1. The number of nitrogens with one attached hydrogen (secondary N) is 4. The summed E-state index contributed by atoms with van der Waals surface area (Å²) in [5.41, 5.74) is 11.5. The highest BCUT2D eigenvalue weighted by molar-refractivity contribution is 5.94. The maximum atomic E-state index is 13.2. The summed E-state index contributed by atoms with van der Waals surface area (Å²) < 4.78 is 0. The third-order valence-electron chi connectivity index (χ3n) is 5.60. The molecule has 0 bridgehead atoms. The van der Waals surface area contributed by atoms with Crippen LogP contribution in [-0.4, -0.2) is 72.0 Å². The average Bonchev–Trinajstić information content (AvgIpc) is 3.36. The number of carboxylic acid groups (broad SMARTS) is 1. The van der Waals surface area contributed by atoms with Crippen molar-refractivity contribution in [3.05, 3.63) is 35.9 Å². The molecule has 12 heteroatoms. The van der Waals surface area contributed by atoms with E-state index in [2.05, 4.69) is 26.3 Å². The SMILES string of the molecule is CC(NC(=O)C(Cc1ccccc1)NC(=O)C(CCCN=C(N)N)NC(=O)C1CCCN1)C(=O)O. The fraction of sp³-hybridized carbons (Fsp3) is 0.522. The maximum Gasteiger partial charge on any atom is 0.325 e. The summed E-state index contributed by atoms with van der Waals surface area (Å²) in [5.74, 6) is -2.76. The molecule has 1 saturated heterocycles. The van der Waals surface area contributed by atoms with E-state index in [-0.39, 0.29) is 37.3 Å². The van der Waals surface area contributed by atoms with Crippen molar-refractivity contribution in [3.63, 3.8) is 0 Å². The van der Waals surface area contributed by atoms with Crippen LogP contribution in [-0.2, 0) is 25.6 Å². The zero-order chi connectivity index (χ0) is 25.8. The molecule has 0 spiro atoms. The fourth-order valence-electron chi connectivity index (χ4n) is 3.66. The lowest BCUT2D eigenvalue weighted by molar-refractivity contribution is -0.141. The maximum absolute atomic E-state index is 13.2. The Morgan fingerprint density at radius 3 is 2.37 bits per heavy atom. The number of nitrogens with two attached hydrogens (primary N) is 2. The number of carbonyl (C=O) groups is 4. The molecular weight excluding hydrogens is 454 g/mol. The molecule has 4 atom stereocenters. The second-order valence-electron chi connectivity index (χ2n) is 8.48. The first-order chi connectivity index (χ1) is 16.7. The second kappa shape index (κ2) is 13.9. The van der Waals surface area contributed by atoms with E-state index >= 15 is 0 Å². The van der Waals surface area contributed by atoms with Gasteiger partial charge in [-0.1, -0.05) is 30.3 Å². The van der Waals surface area contributed by atoms with Crippen LogP contribution >= 0.6 is 0 Å². The predicted molar refractivity (Wildman–Crippen MR) is 130 cm³/mol. The van der Waals surface area contributed by atoms with Crippen molar-refractivity contribution < 1.29 is 24.3 Å². The summed E-state index contributed by atoms with van der Waals surface area (Å²) in [5, 5.41) is 20.1. The van der Waals surface area contributed by atoms with Crippen molar-refractivity contribution in [1.82, 2.24) is 21.3 Å². The van der Waals surface area contributed by atoms with Crippen LogP contribution in [0.3, 0.4) is 0 Å². The van der Waals surface area contributed by atoms with Gasteiger partial charge in [-0.05, 0) is 44.7 Å². The Bertz CT molecular complexity index is 899. The Morgan fingerprint density at radius 2 is 1.77 bits per heavy atom. The number of rotatable bonds is 13. The van der Waals surface area contributed by atoms with Crippen molar-refractivity contribution in [1.29, 1.82) is 0 Å². The van der Waals surface area contributed by atoms with Crippen LogP contribution in [0.25, 0.3) is 0 Å². The molecule has 12 nitrogen and oxygen atoms in total. The van der Waals surface area contributed by atoms with Crippen molar-refractivity contribution >= 4 is 29.7 Å². The highest BCUT2D eigenvalue weighted by atomic mass is 16.4. The molecule has 4 unspecified atom stereocenters. The average molecular weight is 490 g/mol. The Labute approximate surface area is 204 Å². The quantitative estimate of drug-likeness (QED) is 0.0995. The van der Waals surface area contributed by atoms with Gasteiger partial charge in [0.2, 0.25) is 17.7 Å². The van der Waals surface area contributed by atoms with Gasteiger partial charge in [-0.25, -0.2) is 0 Å². The molecule has 192 valence electrons. The van der Waals surface area contributed by atoms with Gasteiger partial charge in [0.25, 0.3) is 0 Å². The molecule has 35 heavy (non-hydrogen) atoms. The van der Waals surface area contributed by atoms with Crippen molar-refractivity contribution in [3.8, 4) is 0 Å². The van der Waals surface area contributed by atoms with E-state index in [0.717, 1.165) is 18.5 Å². The van der Waals surface area contributed by atoms with Crippen LogP contribution in [0, 0.1) is 0 Å². The summed E-state index contributed by atoms with van der Waals surface area (Å²) in [7, 11) is 0. The van der Waals surface area contributed by atoms with Crippen molar-refractivity contribution in [2.75, 3.05) is 13.1 Å². The first-order valence-electron chi connectivity index (χ1n) is 11.6. The first-order valence-corrected chi connectivity index (χ1v) is 11.6. The molecule has 9 N–H and O–H groups in total. The van der Waals surface area contributed by atoms with E-state index < -0.39 is 35.9 Å². The van der Waals surface area contributed by atoms with Gasteiger partial charge in [0.15, 0.2) is 5.96 Å². The van der Waals surface area contributed by atoms with Gasteiger partial charge in [0.1, 0.15) is 18.1 Å². The van der Waals surface area contributed by atoms with E-state index in [1.54, 1.807) is 24.3 Å². The Morgan fingerprint density at radius 1 is 1.09 bits per heavy atom. The summed E-state index contributed by atoms with van der Waals surface area (Å²) in [6.07, 6.45) is 2.33. The molecule has 2 rings (SSSR count). The van der Waals surface area contributed by atoms with Crippen molar-refractivity contribution in [2.45, 2.75) is 63.2 Å². The van der Waals surface area contributed by atoms with E-state index in [4.69, 9.17) is 16.6 Å². The van der Waals surface area contributed by atoms with Gasteiger partial charge in [-0.2, -0.15) is 0 Å². The minimum absolute atomic E-state index is 0.0719. The number of hydrogen-bond acceptors (Lipinski definition) is 6. The number of nitrogens with zero attached hydrogens (tertiary/aromatic N) is 1. The predicted octanol–water partition coefficient (Wildman–Crippen LogP) is -1.41. The normalized spacial score (nSPS) is 17.5. The summed E-state index contributed by atoms with van der Waals surface area (Å²) >= 11 is 0. The Hall–Kier alpha value is -3.67. The summed E-state index contributed by atoms with van der Waals surface area (Å²) in [6, 6.07) is 5.52. The van der Waals surface area contributed by atoms with Crippen LogP contribution in [0.5, 0.6) is 0 Å². The molecule has 1 aromatic carbocycles. The lowest BCUT2D eigenvalue weighted by atomic mass is 10.0. The van der Waals surface area contributed by atoms with Crippen LogP contribution in [0.1, 0.15) is 38.2 Å². The van der Waals surface area contributed by atoms with Gasteiger partial charge in [-0.3, -0.25) is 24.2 Å². The molecule has 1 aliphatic heterocycles. The monoisotopic (exact) mass is 489 g/mol. The molecule has 1 aliphatic rings. The number of carbonyl (C=O) groups excluding carboxylic acids is 3. The number of benzene rings is 1. The lowest BCUT2D eigenvalue weighted by Crippen LogP contribution is -2.57. The van der Waals surface area contributed by atoms with Gasteiger partial charge in [0, 0.05) is 13.0 Å². The van der Waals surface area contributed by atoms with Gasteiger partial charge in [-0.15, -0.1) is 0 Å². The smallest absolute Gasteiger partial charge is 0.325 e. The molecule has 0 aliphatic carbocycles. The molecule has 1 aromatic rings. The van der Waals surface area contributed by atoms with E-state index in [0.29, 0.717) is 12.8 Å². The van der Waals surface area contributed by atoms with E-state index in [9.17, 15) is 19.2 Å². The number of hydrogen-bond donors (Lipinski definition) is 7. The largest absolute Gasteiger partial charge is 0.480 e. The molecule has 3 amide bonds. The van der Waals surface area contributed by atoms with Gasteiger partial charge in [0.05, 0.1) is 6.04 Å². The molecule has 1 heterocycles. The number of carboxylic acids is 1. The Balaban J connectivity index is 2.15. The molecule has 1 fully saturated rings. The minimum Gasteiger partial charge on any atom is -0.480 e. The van der Waals surface area contributed by atoms with E-state index in [1.807, 2.05) is 6.07 Å². The van der Waals surface area contributed by atoms with Gasteiger partial charge >= 0.3 is 5.97 Å². The lowest BCUT2D eigenvalue weighted by Gasteiger charge is -2.25. The molecular formula is C23H35N7O5. The zero-order valence-corrected chi connectivity index (χ0v) is 19.8. The third-order valence-corrected chi connectivity index (χ3v) is 5.60. The zero-order valence-electron chi connectivity index (χ0n) is 19.8. The fourth-order valence-corrected chi connectivity index (χ4v) is 3.66. The highest BCUT2D eigenvalue weighted by Gasteiger charge is 2.30. The topological polar surface area (TPSA) is 201 Å². The summed E-state index contributed by atoms with van der Waals surface area (Å²) in [4.78, 5) is 53.8. The number of guanidine groups is 1. The minimum atomic E-state index is -1.20. The van der Waals surface area contributed by atoms with Crippen molar-refractivity contribution in [2.24, 2.45) is 16.5 Å². The third kappa shape index (κ3) is 9.61. The number of amides is 3. The standard InChI is InChI=1S/C23H35N7O5/c1-14(22(34)35)28-21(33)18(13-15-7-3-2-4-8-15)30-20(32)17(10-6-12-27-23(24)25)29-19(31)16-9-5-11-26-16/h2-4,7-8,14,16-18,26H,5-6,9-13H2,1H3,(H,28,33)(H,29,31)(H,30,32)(H,34,35)(H4,24,25,27). The first kappa shape index (κ1) is 27.6. The van der Waals surface area contributed by atoms with Crippen LogP contribution < -0.4 is 32.7 Å². The molecule has 0 saturated carbocycles. The summed E-state index contributed by atoms with van der Waals surface area (Å²) in [6.45, 7) is 2.33. The van der Waals surface area contributed by atoms with E-state index in [1.165, 1.54) is 6.92 Å². The second-order valence-corrected chi connectivity index (χ2v) is 8.48. The number of aliphatic imine (C=N–C) groups is 1. The van der Waals surface area contributed by atoms with Gasteiger partial charge < -0.3 is 37.8 Å². The van der Waals surface area contributed by atoms with Crippen LogP contribution in [0.4, 0.5) is 0 Å².